The van der Waals surface area contributed by atoms with Gasteiger partial charge in [0.15, 0.2) is 5.69 Å². The van der Waals surface area contributed by atoms with Gasteiger partial charge >= 0.3 is 5.97 Å². The summed E-state index contributed by atoms with van der Waals surface area (Å²) in [5.41, 5.74) is 0.818. The summed E-state index contributed by atoms with van der Waals surface area (Å²) in [6, 6.07) is 1.73. The molecule has 5 nitrogen and oxygen atoms in total. The van der Waals surface area contributed by atoms with E-state index in [1.165, 1.54) is 10.9 Å². The molecular weight excluding hydrogens is 170 g/mol. The zero-order valence-corrected chi connectivity index (χ0v) is 6.93. The van der Waals surface area contributed by atoms with Gasteiger partial charge in [0, 0.05) is 19.4 Å². The van der Waals surface area contributed by atoms with Crippen LogP contribution in [0.3, 0.4) is 0 Å². The molecule has 2 aromatic rings. The molecule has 5 heteroatoms. The average molecular weight is 177 g/mol. The summed E-state index contributed by atoms with van der Waals surface area (Å²) in [6.45, 7) is 0. The number of hydrogen-bond donors (Lipinski definition) is 1. The highest BCUT2D eigenvalue weighted by Crippen LogP contribution is 2.15. The van der Waals surface area contributed by atoms with E-state index >= 15 is 0 Å². The average Bonchev–Trinajstić information content (AvgIpc) is 2.45. The molecule has 0 aromatic carbocycles. The molecule has 0 unspecified atom stereocenters. The van der Waals surface area contributed by atoms with Crippen LogP contribution in [0.4, 0.5) is 0 Å². The Morgan fingerprint density at radius 1 is 1.62 bits per heavy atom. The SMILES string of the molecule is Cn1nc(C(=O)O)c2cnccc21. The lowest BCUT2D eigenvalue weighted by molar-refractivity contribution is 0.0691. The normalized spacial score (nSPS) is 10.5. The molecule has 0 radical (unpaired) electrons. The number of carboxylic acids is 1. The van der Waals surface area contributed by atoms with Gasteiger partial charge in [-0.1, -0.05) is 0 Å². The van der Waals surface area contributed by atoms with Crippen LogP contribution in [0.5, 0.6) is 0 Å². The van der Waals surface area contributed by atoms with Gasteiger partial charge in [0.1, 0.15) is 0 Å². The van der Waals surface area contributed by atoms with Crippen molar-refractivity contribution in [3.05, 3.63) is 24.2 Å². The van der Waals surface area contributed by atoms with Crippen LogP contribution < -0.4 is 0 Å². The Hall–Kier alpha value is -1.91. The third-order valence-electron chi connectivity index (χ3n) is 1.85. The maximum absolute atomic E-state index is 10.7. The van der Waals surface area contributed by atoms with Gasteiger partial charge in [-0.05, 0) is 6.07 Å². The smallest absolute Gasteiger partial charge is 0.357 e. The maximum atomic E-state index is 10.7. The minimum atomic E-state index is -1.03. The number of aromatic nitrogens is 3. The fourth-order valence-corrected chi connectivity index (χ4v) is 1.27. The molecule has 0 aliphatic carbocycles. The lowest BCUT2D eigenvalue weighted by Crippen LogP contribution is -1.99. The molecule has 0 saturated carbocycles. The van der Waals surface area contributed by atoms with Crippen LogP contribution in [0.15, 0.2) is 18.5 Å². The number of rotatable bonds is 1. The van der Waals surface area contributed by atoms with Crippen LogP contribution >= 0.6 is 0 Å². The minimum absolute atomic E-state index is 0.0469. The third kappa shape index (κ3) is 1.05. The van der Waals surface area contributed by atoms with E-state index in [-0.39, 0.29) is 5.69 Å². The van der Waals surface area contributed by atoms with Gasteiger partial charge in [0.25, 0.3) is 0 Å². The first kappa shape index (κ1) is 7.72. The summed E-state index contributed by atoms with van der Waals surface area (Å²) in [4.78, 5) is 14.6. The summed E-state index contributed by atoms with van der Waals surface area (Å²) < 4.78 is 1.53. The van der Waals surface area contributed by atoms with Gasteiger partial charge in [-0.3, -0.25) is 9.67 Å². The van der Waals surface area contributed by atoms with E-state index in [0.29, 0.717) is 5.39 Å². The molecule has 0 atom stereocenters. The molecule has 0 spiro atoms. The van der Waals surface area contributed by atoms with Crippen molar-refractivity contribution in [1.82, 2.24) is 14.8 Å². The Bertz CT molecular complexity index is 475. The van der Waals surface area contributed by atoms with Crippen molar-refractivity contribution in [3.63, 3.8) is 0 Å². The number of carbonyl (C=O) groups is 1. The fraction of sp³-hybridized carbons (Fsp3) is 0.125. The zero-order chi connectivity index (χ0) is 9.42. The summed E-state index contributed by atoms with van der Waals surface area (Å²) >= 11 is 0. The first-order valence-electron chi connectivity index (χ1n) is 3.70. The van der Waals surface area contributed by atoms with E-state index in [1.54, 1.807) is 19.3 Å². The Labute approximate surface area is 73.6 Å². The van der Waals surface area contributed by atoms with E-state index in [4.69, 9.17) is 5.11 Å². The van der Waals surface area contributed by atoms with Crippen molar-refractivity contribution in [2.45, 2.75) is 0 Å². The molecule has 13 heavy (non-hydrogen) atoms. The van der Waals surface area contributed by atoms with Crippen molar-refractivity contribution >= 4 is 16.9 Å². The lowest BCUT2D eigenvalue weighted by Gasteiger charge is -1.89. The second kappa shape index (κ2) is 2.55. The largest absolute Gasteiger partial charge is 0.476 e. The van der Waals surface area contributed by atoms with E-state index < -0.39 is 5.97 Å². The minimum Gasteiger partial charge on any atom is -0.476 e. The lowest BCUT2D eigenvalue weighted by atomic mass is 10.2. The van der Waals surface area contributed by atoms with E-state index in [0.717, 1.165) is 5.52 Å². The Kier molecular flexibility index (Phi) is 1.51. The molecule has 0 aliphatic heterocycles. The molecular formula is C8H7N3O2. The van der Waals surface area contributed by atoms with Crippen molar-refractivity contribution in [2.75, 3.05) is 0 Å². The predicted octanol–water partition coefficient (Wildman–Crippen LogP) is 0.666. The maximum Gasteiger partial charge on any atom is 0.357 e. The van der Waals surface area contributed by atoms with Crippen LogP contribution in [0.2, 0.25) is 0 Å². The van der Waals surface area contributed by atoms with Crippen molar-refractivity contribution in [1.29, 1.82) is 0 Å². The topological polar surface area (TPSA) is 68.0 Å². The zero-order valence-electron chi connectivity index (χ0n) is 6.93. The predicted molar refractivity (Wildman–Crippen MR) is 45.5 cm³/mol. The molecule has 0 amide bonds. The fourth-order valence-electron chi connectivity index (χ4n) is 1.27. The summed E-state index contributed by atoms with van der Waals surface area (Å²) in [5.74, 6) is -1.03. The highest BCUT2D eigenvalue weighted by Gasteiger charge is 2.13. The molecule has 0 aliphatic rings. The van der Waals surface area contributed by atoms with Gasteiger partial charge < -0.3 is 5.11 Å². The van der Waals surface area contributed by atoms with Gasteiger partial charge in [0.05, 0.1) is 10.9 Å². The number of aromatic carboxylic acids is 1. The second-order valence-electron chi connectivity index (χ2n) is 2.67. The molecule has 2 aromatic heterocycles. The van der Waals surface area contributed by atoms with E-state index in [9.17, 15) is 4.79 Å². The summed E-state index contributed by atoms with van der Waals surface area (Å²) in [5, 5.41) is 13.2. The van der Waals surface area contributed by atoms with Gasteiger partial charge in [0.2, 0.25) is 0 Å². The number of pyridine rings is 1. The molecule has 2 rings (SSSR count). The van der Waals surface area contributed by atoms with Crippen molar-refractivity contribution in [3.8, 4) is 0 Å². The highest BCUT2D eigenvalue weighted by atomic mass is 16.4. The molecule has 0 saturated heterocycles. The Balaban J connectivity index is 2.85. The number of fused-ring (bicyclic) bond motifs is 1. The van der Waals surface area contributed by atoms with Crippen LogP contribution in [-0.2, 0) is 7.05 Å². The standard InChI is InChI=1S/C8H7N3O2/c1-11-6-2-3-9-4-5(6)7(10-11)8(12)13/h2-4H,1H3,(H,12,13). The first-order chi connectivity index (χ1) is 6.20. The summed E-state index contributed by atoms with van der Waals surface area (Å²) in [7, 11) is 1.70. The van der Waals surface area contributed by atoms with Crippen LogP contribution in [0.25, 0.3) is 10.9 Å². The molecule has 0 bridgehead atoms. The van der Waals surface area contributed by atoms with Gasteiger partial charge in [-0.2, -0.15) is 5.10 Å². The number of hydrogen-bond acceptors (Lipinski definition) is 3. The molecule has 2 heterocycles. The van der Waals surface area contributed by atoms with Crippen molar-refractivity contribution < 1.29 is 9.90 Å². The Morgan fingerprint density at radius 3 is 3.08 bits per heavy atom. The van der Waals surface area contributed by atoms with E-state index in [1.807, 2.05) is 0 Å². The second-order valence-corrected chi connectivity index (χ2v) is 2.67. The number of nitrogens with zero attached hydrogens (tertiary/aromatic N) is 3. The Morgan fingerprint density at radius 2 is 2.38 bits per heavy atom. The monoisotopic (exact) mass is 177 g/mol. The third-order valence-corrected chi connectivity index (χ3v) is 1.85. The van der Waals surface area contributed by atoms with Gasteiger partial charge in [-0.15, -0.1) is 0 Å². The van der Waals surface area contributed by atoms with Crippen molar-refractivity contribution in [2.24, 2.45) is 7.05 Å². The first-order valence-corrected chi connectivity index (χ1v) is 3.70. The molecule has 66 valence electrons. The molecule has 0 fully saturated rings. The number of carboxylic acid groups (broad SMARTS) is 1. The van der Waals surface area contributed by atoms with Crippen LogP contribution in [0.1, 0.15) is 10.5 Å². The van der Waals surface area contributed by atoms with E-state index in [2.05, 4.69) is 10.1 Å². The van der Waals surface area contributed by atoms with Crippen LogP contribution in [-0.4, -0.2) is 25.8 Å². The number of aryl methyl sites for hydroxylation is 1. The van der Waals surface area contributed by atoms with Gasteiger partial charge in [-0.25, -0.2) is 4.79 Å². The highest BCUT2D eigenvalue weighted by molar-refractivity contribution is 6.00. The van der Waals surface area contributed by atoms with Crippen LogP contribution in [0, 0.1) is 0 Å². The summed E-state index contributed by atoms with van der Waals surface area (Å²) in [6.07, 6.45) is 3.11. The molecule has 1 N–H and O–H groups in total. The quantitative estimate of drug-likeness (QED) is 0.695.